The molecule has 0 atom stereocenters. The van der Waals surface area contributed by atoms with Crippen LogP contribution in [0, 0.1) is 35.8 Å². The standard InChI is InChI=1S/C15H6N4/c1-18-14(8-16)12-7-13(15(9-17)19-2)11-6-4-3-5-10(11)12/h3-6H,7H2/b14-12+,15-13+. The van der Waals surface area contributed by atoms with Crippen molar-refractivity contribution in [2.75, 3.05) is 0 Å². The highest BCUT2D eigenvalue weighted by molar-refractivity contribution is 5.97. The van der Waals surface area contributed by atoms with Crippen LogP contribution in [0.15, 0.2) is 35.7 Å². The van der Waals surface area contributed by atoms with Gasteiger partial charge >= 0.3 is 0 Å². The van der Waals surface area contributed by atoms with E-state index >= 15 is 0 Å². The van der Waals surface area contributed by atoms with E-state index in [1.54, 1.807) is 12.1 Å². The van der Waals surface area contributed by atoms with Gasteiger partial charge in [-0.1, -0.05) is 24.3 Å². The van der Waals surface area contributed by atoms with E-state index < -0.39 is 0 Å². The zero-order valence-corrected chi connectivity index (χ0v) is 9.81. The molecular weight excluding hydrogens is 236 g/mol. The molecule has 0 spiro atoms. The van der Waals surface area contributed by atoms with Crippen molar-refractivity contribution in [3.8, 4) is 12.1 Å². The molecule has 0 fully saturated rings. The fourth-order valence-corrected chi connectivity index (χ4v) is 2.12. The first kappa shape index (κ1) is 12.1. The van der Waals surface area contributed by atoms with Crippen molar-refractivity contribution < 1.29 is 0 Å². The van der Waals surface area contributed by atoms with E-state index in [0.717, 1.165) is 11.1 Å². The van der Waals surface area contributed by atoms with Gasteiger partial charge in [0.1, 0.15) is 0 Å². The Balaban J connectivity index is 2.82. The number of nitriles is 2. The lowest BCUT2D eigenvalue weighted by molar-refractivity contribution is 1.42. The van der Waals surface area contributed by atoms with Crippen molar-refractivity contribution in [2.45, 2.75) is 6.42 Å². The number of hydrogen-bond donors (Lipinski definition) is 0. The van der Waals surface area contributed by atoms with Crippen LogP contribution in [0.4, 0.5) is 0 Å². The number of benzene rings is 1. The molecule has 0 aliphatic heterocycles. The van der Waals surface area contributed by atoms with Crippen LogP contribution in [0.25, 0.3) is 20.8 Å². The van der Waals surface area contributed by atoms with Crippen LogP contribution in [0.5, 0.6) is 0 Å². The van der Waals surface area contributed by atoms with Crippen LogP contribution < -0.4 is 0 Å². The van der Waals surface area contributed by atoms with Crippen molar-refractivity contribution in [1.82, 2.24) is 0 Å². The number of rotatable bonds is 0. The number of nitrogens with zero attached hydrogens (tertiary/aromatic N) is 4. The molecule has 0 bridgehead atoms. The summed E-state index contributed by atoms with van der Waals surface area (Å²) in [5.74, 6) is 0. The van der Waals surface area contributed by atoms with E-state index in [4.69, 9.17) is 23.7 Å². The van der Waals surface area contributed by atoms with Gasteiger partial charge in [0.25, 0.3) is 11.4 Å². The third kappa shape index (κ3) is 1.85. The van der Waals surface area contributed by atoms with E-state index in [0.29, 0.717) is 11.1 Å². The molecule has 1 aliphatic carbocycles. The summed E-state index contributed by atoms with van der Waals surface area (Å²) in [6, 6.07) is 11.0. The summed E-state index contributed by atoms with van der Waals surface area (Å²) in [6.07, 6.45) is 0.288. The summed E-state index contributed by atoms with van der Waals surface area (Å²) in [5, 5.41) is 18.0. The average Bonchev–Trinajstić information content (AvgIpc) is 2.82. The van der Waals surface area contributed by atoms with Crippen LogP contribution in [-0.2, 0) is 0 Å². The fraction of sp³-hybridized carbons (Fsp3) is 0.0667. The average molecular weight is 242 g/mol. The van der Waals surface area contributed by atoms with Gasteiger partial charge in [0, 0.05) is 0 Å². The summed E-state index contributed by atoms with van der Waals surface area (Å²) >= 11 is 0. The van der Waals surface area contributed by atoms with Gasteiger partial charge in [-0.25, -0.2) is 20.2 Å². The molecule has 86 valence electrons. The maximum atomic E-state index is 8.99. The summed E-state index contributed by atoms with van der Waals surface area (Å²) in [6.45, 7) is 14.1. The minimum Gasteiger partial charge on any atom is -0.226 e. The quantitative estimate of drug-likeness (QED) is 0.517. The highest BCUT2D eigenvalue weighted by Crippen LogP contribution is 2.43. The summed E-state index contributed by atoms with van der Waals surface area (Å²) < 4.78 is 0. The molecule has 0 saturated carbocycles. The van der Waals surface area contributed by atoms with Crippen LogP contribution in [0.3, 0.4) is 0 Å². The molecule has 1 aliphatic rings. The fourth-order valence-electron chi connectivity index (χ4n) is 2.12. The molecule has 0 aromatic heterocycles. The maximum absolute atomic E-state index is 8.99. The Kier molecular flexibility index (Phi) is 3.12. The monoisotopic (exact) mass is 242 g/mol. The Bertz CT molecular complexity index is 684. The van der Waals surface area contributed by atoms with Crippen LogP contribution in [0.1, 0.15) is 17.5 Å². The minimum absolute atomic E-state index is 0.0183. The number of allylic oxidation sites excluding steroid dienone is 4. The lowest BCUT2D eigenvalue weighted by atomic mass is 10.1. The van der Waals surface area contributed by atoms with Crippen LogP contribution in [-0.4, -0.2) is 0 Å². The Labute approximate surface area is 110 Å². The molecule has 2 rings (SSSR count). The molecule has 0 saturated heterocycles. The predicted molar refractivity (Wildman–Crippen MR) is 69.3 cm³/mol. The second-order valence-electron chi connectivity index (χ2n) is 3.82. The third-order valence-electron chi connectivity index (χ3n) is 2.94. The van der Waals surface area contributed by atoms with Gasteiger partial charge in [0.2, 0.25) is 0 Å². The van der Waals surface area contributed by atoms with Gasteiger partial charge < -0.3 is 0 Å². The minimum atomic E-state index is 0.0183. The highest BCUT2D eigenvalue weighted by Gasteiger charge is 2.26. The highest BCUT2D eigenvalue weighted by atomic mass is 14.7. The van der Waals surface area contributed by atoms with Gasteiger partial charge in [-0.2, -0.15) is 0 Å². The second-order valence-corrected chi connectivity index (χ2v) is 3.82. The third-order valence-corrected chi connectivity index (χ3v) is 2.94. The van der Waals surface area contributed by atoms with Crippen LogP contribution >= 0.6 is 0 Å². The molecule has 4 heteroatoms. The molecular formula is C15H6N4. The van der Waals surface area contributed by atoms with Crippen LogP contribution in [0.2, 0.25) is 0 Å². The maximum Gasteiger partial charge on any atom is 0.265 e. The zero-order chi connectivity index (χ0) is 13.8. The molecule has 0 amide bonds. The lowest BCUT2D eigenvalue weighted by Crippen LogP contribution is -1.82. The van der Waals surface area contributed by atoms with Gasteiger partial charge in [0.15, 0.2) is 0 Å². The van der Waals surface area contributed by atoms with E-state index in [1.165, 1.54) is 0 Å². The first-order valence-electron chi connectivity index (χ1n) is 5.38. The smallest absolute Gasteiger partial charge is 0.226 e. The molecule has 1 aromatic rings. The number of hydrogen-bond acceptors (Lipinski definition) is 2. The Morgan fingerprint density at radius 1 is 0.947 bits per heavy atom. The van der Waals surface area contributed by atoms with Crippen molar-refractivity contribution in [3.63, 3.8) is 0 Å². The first-order valence-corrected chi connectivity index (χ1v) is 5.38. The first-order chi connectivity index (χ1) is 9.26. The van der Waals surface area contributed by atoms with Crippen molar-refractivity contribution in [2.24, 2.45) is 0 Å². The Hall–Kier alpha value is -3.34. The van der Waals surface area contributed by atoms with Gasteiger partial charge in [-0.15, -0.1) is 0 Å². The van der Waals surface area contributed by atoms with Crippen molar-refractivity contribution >= 4 is 11.1 Å². The lowest BCUT2D eigenvalue weighted by Gasteiger charge is -1.99. The SMILES string of the molecule is [C-]#[N+]/C(C#N)=C1\C/C(=C(/C#N)[N+]#[C-])c2ccccc21. The van der Waals surface area contributed by atoms with Crippen molar-refractivity contribution in [3.05, 3.63) is 69.6 Å². The Morgan fingerprint density at radius 2 is 1.37 bits per heavy atom. The van der Waals surface area contributed by atoms with E-state index in [2.05, 4.69) is 9.69 Å². The molecule has 0 N–H and O–H groups in total. The van der Waals surface area contributed by atoms with Gasteiger partial charge in [-0.05, 0) is 28.7 Å². The van der Waals surface area contributed by atoms with Gasteiger partial charge in [-0.3, -0.25) is 0 Å². The largest absolute Gasteiger partial charge is 0.265 e. The van der Waals surface area contributed by atoms with E-state index in [-0.39, 0.29) is 17.8 Å². The molecule has 1 aromatic carbocycles. The molecule has 0 heterocycles. The zero-order valence-electron chi connectivity index (χ0n) is 9.81. The summed E-state index contributed by atoms with van der Waals surface area (Å²) in [5.41, 5.74) is 2.76. The van der Waals surface area contributed by atoms with E-state index in [9.17, 15) is 0 Å². The van der Waals surface area contributed by atoms with Crippen molar-refractivity contribution in [1.29, 1.82) is 10.5 Å². The molecule has 19 heavy (non-hydrogen) atoms. The normalized spacial score (nSPS) is 17.3. The van der Waals surface area contributed by atoms with E-state index in [1.807, 2.05) is 24.3 Å². The number of fused-ring (bicyclic) bond motifs is 1. The Morgan fingerprint density at radius 3 is 1.68 bits per heavy atom. The predicted octanol–water partition coefficient (Wildman–Crippen LogP) is 3.40. The molecule has 4 nitrogen and oxygen atoms in total. The summed E-state index contributed by atoms with van der Waals surface area (Å²) in [7, 11) is 0. The molecule has 0 radical (unpaired) electrons. The molecule has 0 unspecified atom stereocenters. The second kappa shape index (κ2) is 4.89. The van der Waals surface area contributed by atoms with Gasteiger partial charge in [0.05, 0.1) is 25.3 Å². The summed E-state index contributed by atoms with van der Waals surface area (Å²) in [4.78, 5) is 6.44. The topological polar surface area (TPSA) is 56.3 Å².